The molecule has 1 aromatic rings. The van der Waals surface area contributed by atoms with Crippen molar-refractivity contribution in [2.45, 2.75) is 25.3 Å². The standard InChI is InChI=1S/C16H21NO5S/c1-9(2)14(18)17-11(16(19)20)8-23-15(17)10-5-6-12(21-3)13(7-10)22-4/h5-7,9,11,15H,8H2,1-4H3,(H,19,20). The maximum Gasteiger partial charge on any atom is 0.327 e. The Morgan fingerprint density at radius 3 is 2.43 bits per heavy atom. The van der Waals surface area contributed by atoms with Gasteiger partial charge in [0.1, 0.15) is 11.4 Å². The average Bonchev–Trinajstić information content (AvgIpc) is 2.98. The van der Waals surface area contributed by atoms with Crippen LogP contribution in [0.1, 0.15) is 24.8 Å². The Morgan fingerprint density at radius 2 is 1.91 bits per heavy atom. The van der Waals surface area contributed by atoms with Gasteiger partial charge in [-0.15, -0.1) is 11.8 Å². The number of carbonyl (C=O) groups is 2. The smallest absolute Gasteiger partial charge is 0.327 e. The fourth-order valence-corrected chi connectivity index (χ4v) is 3.95. The first kappa shape index (κ1) is 17.5. The van der Waals surface area contributed by atoms with E-state index in [1.807, 2.05) is 6.07 Å². The average molecular weight is 339 g/mol. The quantitative estimate of drug-likeness (QED) is 0.888. The summed E-state index contributed by atoms with van der Waals surface area (Å²) in [5.41, 5.74) is 0.824. The van der Waals surface area contributed by atoms with Crippen LogP contribution in [-0.4, -0.2) is 47.9 Å². The van der Waals surface area contributed by atoms with Crippen molar-refractivity contribution >= 4 is 23.6 Å². The summed E-state index contributed by atoms with van der Waals surface area (Å²) in [5.74, 6) is 0.110. The number of aliphatic carboxylic acids is 1. The highest BCUT2D eigenvalue weighted by atomic mass is 32.2. The maximum absolute atomic E-state index is 12.5. The summed E-state index contributed by atoms with van der Waals surface area (Å²) < 4.78 is 10.5. The third-order valence-electron chi connectivity index (χ3n) is 3.73. The Morgan fingerprint density at radius 1 is 1.26 bits per heavy atom. The van der Waals surface area contributed by atoms with Gasteiger partial charge in [0.15, 0.2) is 11.5 Å². The van der Waals surface area contributed by atoms with Crippen LogP contribution < -0.4 is 9.47 Å². The van der Waals surface area contributed by atoms with Gasteiger partial charge >= 0.3 is 5.97 Å². The van der Waals surface area contributed by atoms with E-state index in [-0.39, 0.29) is 17.2 Å². The molecule has 2 unspecified atom stereocenters. The highest BCUT2D eigenvalue weighted by Crippen LogP contribution is 2.44. The Bertz CT molecular complexity index is 604. The van der Waals surface area contributed by atoms with Gasteiger partial charge in [-0.1, -0.05) is 19.9 Å². The molecule has 0 radical (unpaired) electrons. The molecule has 1 fully saturated rings. The van der Waals surface area contributed by atoms with E-state index >= 15 is 0 Å². The molecular formula is C16H21NO5S. The van der Waals surface area contributed by atoms with Crippen molar-refractivity contribution in [1.29, 1.82) is 0 Å². The molecule has 1 saturated heterocycles. The van der Waals surface area contributed by atoms with Gasteiger partial charge in [-0.2, -0.15) is 0 Å². The molecule has 1 amide bonds. The van der Waals surface area contributed by atoms with Crippen molar-refractivity contribution in [3.8, 4) is 11.5 Å². The molecule has 1 aliphatic heterocycles. The molecule has 126 valence electrons. The van der Waals surface area contributed by atoms with Crippen molar-refractivity contribution in [2.75, 3.05) is 20.0 Å². The minimum atomic E-state index is -0.977. The fourth-order valence-electron chi connectivity index (χ4n) is 2.53. The number of rotatable bonds is 5. The van der Waals surface area contributed by atoms with Gasteiger partial charge in [-0.05, 0) is 17.7 Å². The number of carboxylic acids is 1. The number of nitrogens with zero attached hydrogens (tertiary/aromatic N) is 1. The van der Waals surface area contributed by atoms with Crippen LogP contribution in [0.5, 0.6) is 11.5 Å². The zero-order chi connectivity index (χ0) is 17.1. The summed E-state index contributed by atoms with van der Waals surface area (Å²) in [6.45, 7) is 3.55. The highest BCUT2D eigenvalue weighted by molar-refractivity contribution is 7.99. The summed E-state index contributed by atoms with van der Waals surface area (Å²) in [6.07, 6.45) is 0. The number of carboxylic acid groups (broad SMARTS) is 1. The van der Waals surface area contributed by atoms with Gasteiger partial charge in [0, 0.05) is 11.7 Å². The van der Waals surface area contributed by atoms with Crippen LogP contribution in [0, 0.1) is 5.92 Å². The van der Waals surface area contributed by atoms with Crippen molar-refractivity contribution in [3.05, 3.63) is 23.8 Å². The predicted molar refractivity (Wildman–Crippen MR) is 87.9 cm³/mol. The summed E-state index contributed by atoms with van der Waals surface area (Å²) in [4.78, 5) is 25.5. The lowest BCUT2D eigenvalue weighted by Gasteiger charge is -2.29. The molecule has 2 atom stereocenters. The van der Waals surface area contributed by atoms with E-state index in [2.05, 4.69) is 0 Å². The molecule has 1 aliphatic rings. The Balaban J connectivity index is 2.40. The monoisotopic (exact) mass is 339 g/mol. The largest absolute Gasteiger partial charge is 0.493 e. The molecule has 1 heterocycles. The summed E-state index contributed by atoms with van der Waals surface area (Å²) >= 11 is 1.45. The van der Waals surface area contributed by atoms with E-state index in [4.69, 9.17) is 9.47 Å². The van der Waals surface area contributed by atoms with Gasteiger partial charge in [0.25, 0.3) is 0 Å². The van der Waals surface area contributed by atoms with Crippen LogP contribution in [0.4, 0.5) is 0 Å². The first-order valence-electron chi connectivity index (χ1n) is 7.29. The molecule has 23 heavy (non-hydrogen) atoms. The Kier molecular flexibility index (Phi) is 5.41. The molecule has 0 aliphatic carbocycles. The lowest BCUT2D eigenvalue weighted by molar-refractivity contribution is -0.150. The third-order valence-corrected chi connectivity index (χ3v) is 5.05. The van der Waals surface area contributed by atoms with Crippen molar-refractivity contribution in [3.63, 3.8) is 0 Å². The number of methoxy groups -OCH3 is 2. The van der Waals surface area contributed by atoms with Crippen LogP contribution in [0.2, 0.25) is 0 Å². The first-order chi connectivity index (χ1) is 10.9. The topological polar surface area (TPSA) is 76.1 Å². The number of amides is 1. The Labute approximate surface area is 139 Å². The lowest BCUT2D eigenvalue weighted by atomic mass is 10.1. The van der Waals surface area contributed by atoms with Crippen LogP contribution in [-0.2, 0) is 9.59 Å². The second kappa shape index (κ2) is 7.12. The van der Waals surface area contributed by atoms with E-state index in [1.165, 1.54) is 16.7 Å². The first-order valence-corrected chi connectivity index (χ1v) is 8.34. The lowest BCUT2D eigenvalue weighted by Crippen LogP contribution is -2.44. The molecule has 0 saturated carbocycles. The van der Waals surface area contributed by atoms with Gasteiger partial charge in [-0.25, -0.2) is 4.79 Å². The van der Waals surface area contributed by atoms with E-state index in [9.17, 15) is 14.7 Å². The number of hydrogen-bond acceptors (Lipinski definition) is 5. The minimum Gasteiger partial charge on any atom is -0.493 e. The van der Waals surface area contributed by atoms with E-state index in [0.717, 1.165) is 5.56 Å². The van der Waals surface area contributed by atoms with Gasteiger partial charge in [0.2, 0.25) is 5.91 Å². The number of ether oxygens (including phenoxy) is 2. The minimum absolute atomic E-state index is 0.165. The van der Waals surface area contributed by atoms with E-state index in [0.29, 0.717) is 17.3 Å². The fraction of sp³-hybridized carbons (Fsp3) is 0.500. The summed E-state index contributed by atoms with van der Waals surface area (Å²) in [6, 6.07) is 4.58. The van der Waals surface area contributed by atoms with Crippen LogP contribution in [0.3, 0.4) is 0 Å². The van der Waals surface area contributed by atoms with Crippen LogP contribution in [0.15, 0.2) is 18.2 Å². The summed E-state index contributed by atoms with van der Waals surface area (Å²) in [5, 5.41) is 9.07. The molecule has 2 rings (SSSR count). The van der Waals surface area contributed by atoms with Gasteiger partial charge in [0.05, 0.1) is 14.2 Å². The summed E-state index contributed by atoms with van der Waals surface area (Å²) in [7, 11) is 3.09. The predicted octanol–water partition coefficient (Wildman–Crippen LogP) is 2.39. The zero-order valence-corrected chi connectivity index (χ0v) is 14.4. The molecule has 1 aromatic carbocycles. The van der Waals surface area contributed by atoms with Crippen molar-refractivity contribution in [2.24, 2.45) is 5.92 Å². The zero-order valence-electron chi connectivity index (χ0n) is 13.6. The number of thioether (sulfide) groups is 1. The number of carbonyl (C=O) groups excluding carboxylic acids is 1. The third kappa shape index (κ3) is 3.39. The normalized spacial score (nSPS) is 20.7. The van der Waals surface area contributed by atoms with Crippen LogP contribution >= 0.6 is 11.8 Å². The number of benzene rings is 1. The molecule has 7 heteroatoms. The molecule has 1 N–H and O–H groups in total. The second-order valence-electron chi connectivity index (χ2n) is 5.55. The molecular weight excluding hydrogens is 318 g/mol. The van der Waals surface area contributed by atoms with Crippen molar-refractivity contribution < 1.29 is 24.2 Å². The van der Waals surface area contributed by atoms with E-state index < -0.39 is 12.0 Å². The molecule has 0 spiro atoms. The SMILES string of the molecule is COc1ccc(C2SCC(C(=O)O)N2C(=O)C(C)C)cc1OC. The second-order valence-corrected chi connectivity index (χ2v) is 6.67. The highest BCUT2D eigenvalue weighted by Gasteiger charge is 2.43. The van der Waals surface area contributed by atoms with E-state index in [1.54, 1.807) is 40.2 Å². The van der Waals surface area contributed by atoms with Gasteiger partial charge in [-0.3, -0.25) is 4.79 Å². The van der Waals surface area contributed by atoms with Crippen LogP contribution in [0.25, 0.3) is 0 Å². The molecule has 0 bridgehead atoms. The number of hydrogen-bond donors (Lipinski definition) is 1. The Hall–Kier alpha value is -1.89. The molecule has 6 nitrogen and oxygen atoms in total. The molecule has 0 aromatic heterocycles. The van der Waals surface area contributed by atoms with Gasteiger partial charge < -0.3 is 19.5 Å². The maximum atomic E-state index is 12.5. The van der Waals surface area contributed by atoms with Crippen molar-refractivity contribution in [1.82, 2.24) is 4.90 Å².